The molecule has 3 aromatic carbocycles. The quantitative estimate of drug-likeness (QED) is 0.289. The van der Waals surface area contributed by atoms with E-state index in [0.717, 1.165) is 16.6 Å². The van der Waals surface area contributed by atoms with Crippen LogP contribution in [0, 0.1) is 0 Å². The Bertz CT molecular complexity index is 1500. The van der Waals surface area contributed by atoms with Crippen LogP contribution in [-0.2, 0) is 0 Å². The minimum atomic E-state index is -0.451. The molecule has 0 saturated carbocycles. The molecule has 5 nitrogen and oxygen atoms in total. The molecule has 0 unspecified atom stereocenters. The number of hydrogen-bond acceptors (Lipinski definition) is 3. The minimum absolute atomic E-state index is 0.0633. The smallest absolute Gasteiger partial charge is 0.260 e. The van der Waals surface area contributed by atoms with Crippen LogP contribution in [0.2, 0.25) is 5.02 Å². The van der Waals surface area contributed by atoms with E-state index < -0.39 is 11.3 Å². The Hall–Kier alpha value is -3.96. The Balaban J connectivity index is 1.67. The van der Waals surface area contributed by atoms with E-state index in [4.69, 9.17) is 11.6 Å². The van der Waals surface area contributed by atoms with Crippen LogP contribution in [0.3, 0.4) is 0 Å². The Labute approximate surface area is 182 Å². The van der Waals surface area contributed by atoms with Crippen molar-refractivity contribution in [3.8, 4) is 11.1 Å². The molecule has 2 heterocycles. The van der Waals surface area contributed by atoms with Gasteiger partial charge in [-0.3, -0.25) is 9.59 Å². The van der Waals surface area contributed by atoms with Gasteiger partial charge in [0.05, 0.1) is 16.6 Å². The number of nitrogens with one attached hydrogen (secondary N) is 2. The molecule has 0 atom stereocenters. The molecule has 0 aliphatic heterocycles. The molecular formula is C25H16ClN3O2. The van der Waals surface area contributed by atoms with Gasteiger partial charge in [-0.2, -0.15) is 0 Å². The standard InChI is InChI=1S/C25H16ClN3O2/c26-16-10-11-18-17(14-16)23(15-6-2-1-3-7-15)24(25(31)29-18)21(30)12-13-22-27-19-8-4-5-9-20(19)28-22/h1-14H,(H,27,28)(H,29,31). The van der Waals surface area contributed by atoms with Crippen molar-refractivity contribution in [1.29, 1.82) is 0 Å². The second-order valence-corrected chi connectivity index (χ2v) is 7.53. The topological polar surface area (TPSA) is 78.6 Å². The number of rotatable bonds is 4. The van der Waals surface area contributed by atoms with Gasteiger partial charge in [-0.15, -0.1) is 0 Å². The van der Waals surface area contributed by atoms with Crippen molar-refractivity contribution in [2.75, 3.05) is 0 Å². The van der Waals surface area contributed by atoms with Crippen LogP contribution < -0.4 is 5.56 Å². The molecule has 0 fully saturated rings. The summed E-state index contributed by atoms with van der Waals surface area (Å²) >= 11 is 6.23. The molecule has 0 aliphatic carbocycles. The molecule has 0 amide bonds. The van der Waals surface area contributed by atoms with Crippen molar-refractivity contribution in [3.05, 3.63) is 106 Å². The van der Waals surface area contributed by atoms with Gasteiger partial charge in [0.2, 0.25) is 0 Å². The van der Waals surface area contributed by atoms with Gasteiger partial charge in [-0.25, -0.2) is 4.98 Å². The number of aromatic nitrogens is 3. The fourth-order valence-electron chi connectivity index (χ4n) is 3.69. The van der Waals surface area contributed by atoms with E-state index in [0.29, 0.717) is 27.3 Å². The number of para-hydroxylation sites is 2. The lowest BCUT2D eigenvalue weighted by Crippen LogP contribution is -2.18. The van der Waals surface area contributed by atoms with Crippen LogP contribution in [0.5, 0.6) is 0 Å². The second-order valence-electron chi connectivity index (χ2n) is 7.10. The number of carbonyl (C=O) groups excluding carboxylic acids is 1. The molecule has 0 aliphatic rings. The lowest BCUT2D eigenvalue weighted by Gasteiger charge is -2.11. The molecule has 0 saturated heterocycles. The van der Waals surface area contributed by atoms with Crippen LogP contribution >= 0.6 is 11.6 Å². The van der Waals surface area contributed by atoms with Crippen LogP contribution in [-0.4, -0.2) is 20.7 Å². The molecule has 0 radical (unpaired) electrons. The number of fused-ring (bicyclic) bond motifs is 2. The third-order valence-electron chi connectivity index (χ3n) is 5.09. The number of aromatic amines is 2. The van der Waals surface area contributed by atoms with Crippen molar-refractivity contribution in [2.45, 2.75) is 0 Å². The van der Waals surface area contributed by atoms with Crippen molar-refractivity contribution < 1.29 is 4.79 Å². The first kappa shape index (κ1) is 19.0. The summed E-state index contributed by atoms with van der Waals surface area (Å²) in [5, 5.41) is 1.23. The molecule has 2 N–H and O–H groups in total. The number of allylic oxidation sites excluding steroid dienone is 1. The lowest BCUT2D eigenvalue weighted by atomic mass is 9.94. The first-order chi connectivity index (χ1) is 15.1. The van der Waals surface area contributed by atoms with Crippen LogP contribution in [0.25, 0.3) is 39.1 Å². The highest BCUT2D eigenvalue weighted by atomic mass is 35.5. The average molecular weight is 426 g/mol. The highest BCUT2D eigenvalue weighted by Crippen LogP contribution is 2.31. The fraction of sp³-hybridized carbons (Fsp3) is 0. The summed E-state index contributed by atoms with van der Waals surface area (Å²) in [5.41, 5.74) is 3.23. The van der Waals surface area contributed by atoms with Crippen molar-refractivity contribution in [1.82, 2.24) is 15.0 Å². The highest BCUT2D eigenvalue weighted by Gasteiger charge is 2.19. The van der Waals surface area contributed by atoms with Crippen LogP contribution in [0.15, 0.2) is 83.7 Å². The monoisotopic (exact) mass is 425 g/mol. The average Bonchev–Trinajstić information content (AvgIpc) is 3.20. The summed E-state index contributed by atoms with van der Waals surface area (Å²) in [5.74, 6) is 0.124. The summed E-state index contributed by atoms with van der Waals surface area (Å²) in [6.45, 7) is 0. The maximum absolute atomic E-state index is 13.2. The number of imidazole rings is 1. The molecule has 6 heteroatoms. The first-order valence-corrected chi connectivity index (χ1v) is 10.1. The molecule has 5 aromatic rings. The largest absolute Gasteiger partial charge is 0.338 e. The van der Waals surface area contributed by atoms with E-state index >= 15 is 0 Å². The molecule has 0 spiro atoms. The van der Waals surface area contributed by atoms with E-state index in [1.165, 1.54) is 6.08 Å². The summed E-state index contributed by atoms with van der Waals surface area (Å²) in [4.78, 5) is 36.5. The van der Waals surface area contributed by atoms with Crippen molar-refractivity contribution in [2.24, 2.45) is 0 Å². The van der Waals surface area contributed by atoms with E-state index in [1.807, 2.05) is 54.6 Å². The summed E-state index contributed by atoms with van der Waals surface area (Å²) < 4.78 is 0. The first-order valence-electron chi connectivity index (χ1n) is 9.68. The number of halogens is 1. The van der Waals surface area contributed by atoms with Gasteiger partial charge in [0.1, 0.15) is 5.82 Å². The zero-order valence-electron chi connectivity index (χ0n) is 16.2. The maximum Gasteiger partial charge on any atom is 0.260 e. The third-order valence-corrected chi connectivity index (χ3v) is 5.32. The van der Waals surface area contributed by atoms with Gasteiger partial charge in [0.15, 0.2) is 5.78 Å². The second kappa shape index (κ2) is 7.70. The zero-order valence-corrected chi connectivity index (χ0v) is 17.0. The van der Waals surface area contributed by atoms with Gasteiger partial charge >= 0.3 is 0 Å². The fourth-order valence-corrected chi connectivity index (χ4v) is 3.87. The maximum atomic E-state index is 13.2. The van der Waals surface area contributed by atoms with E-state index in [9.17, 15) is 9.59 Å². The molecular weight excluding hydrogens is 410 g/mol. The summed E-state index contributed by atoms with van der Waals surface area (Å²) in [6, 6.07) is 22.2. The van der Waals surface area contributed by atoms with Crippen LogP contribution in [0.4, 0.5) is 0 Å². The minimum Gasteiger partial charge on any atom is -0.338 e. The molecule has 5 rings (SSSR count). The Kier molecular flexibility index (Phi) is 4.73. The van der Waals surface area contributed by atoms with Gasteiger partial charge in [0, 0.05) is 21.5 Å². The van der Waals surface area contributed by atoms with Crippen molar-refractivity contribution in [3.63, 3.8) is 0 Å². The Morgan fingerprint density at radius 2 is 1.68 bits per heavy atom. The van der Waals surface area contributed by atoms with Gasteiger partial charge < -0.3 is 9.97 Å². The van der Waals surface area contributed by atoms with E-state index in [-0.39, 0.29) is 5.56 Å². The number of pyridine rings is 1. The number of ketones is 1. The predicted octanol–water partition coefficient (Wildman–Crippen LogP) is 5.62. The van der Waals surface area contributed by atoms with E-state index in [1.54, 1.807) is 24.3 Å². The van der Waals surface area contributed by atoms with Gasteiger partial charge in [0.25, 0.3) is 5.56 Å². The molecule has 0 bridgehead atoms. The predicted molar refractivity (Wildman–Crippen MR) is 124 cm³/mol. The Morgan fingerprint density at radius 1 is 0.903 bits per heavy atom. The number of nitrogens with zero attached hydrogens (tertiary/aromatic N) is 1. The summed E-state index contributed by atoms with van der Waals surface area (Å²) in [6.07, 6.45) is 2.95. The van der Waals surface area contributed by atoms with Crippen molar-refractivity contribution >= 4 is 45.4 Å². The Morgan fingerprint density at radius 3 is 2.48 bits per heavy atom. The normalized spacial score (nSPS) is 11.5. The van der Waals surface area contributed by atoms with Crippen LogP contribution in [0.1, 0.15) is 16.2 Å². The SMILES string of the molecule is O=C(C=Cc1nc2ccccc2[nH]1)c1c(-c2ccccc2)c2cc(Cl)ccc2[nH]c1=O. The number of carbonyl (C=O) groups is 1. The number of H-pyrrole nitrogens is 2. The zero-order chi connectivity index (χ0) is 21.4. The number of hydrogen-bond donors (Lipinski definition) is 2. The van der Waals surface area contributed by atoms with Gasteiger partial charge in [-0.05, 0) is 48.0 Å². The van der Waals surface area contributed by atoms with E-state index in [2.05, 4.69) is 15.0 Å². The lowest BCUT2D eigenvalue weighted by molar-refractivity contribution is 0.104. The summed E-state index contributed by atoms with van der Waals surface area (Å²) in [7, 11) is 0. The molecule has 2 aromatic heterocycles. The highest BCUT2D eigenvalue weighted by molar-refractivity contribution is 6.31. The molecule has 31 heavy (non-hydrogen) atoms. The van der Waals surface area contributed by atoms with Gasteiger partial charge in [-0.1, -0.05) is 54.1 Å². The molecule has 150 valence electrons. The third kappa shape index (κ3) is 3.56. The number of benzene rings is 3.